The summed E-state index contributed by atoms with van der Waals surface area (Å²) in [6.07, 6.45) is 0. The fraction of sp³-hybridized carbons (Fsp3) is 0.0667. The third-order valence-electron chi connectivity index (χ3n) is 3.27. The minimum Gasteiger partial charge on any atom is -0.342 e. The van der Waals surface area contributed by atoms with Crippen LogP contribution in [0.25, 0.3) is 22.2 Å². The van der Waals surface area contributed by atoms with Gasteiger partial charge in [-0.3, -0.25) is 0 Å². The van der Waals surface area contributed by atoms with Gasteiger partial charge in [0.1, 0.15) is 5.69 Å². The molecule has 0 bridgehead atoms. The number of hydrogen-bond donors (Lipinski definition) is 0. The van der Waals surface area contributed by atoms with Crippen LogP contribution in [-0.2, 0) is 7.05 Å². The third-order valence-corrected chi connectivity index (χ3v) is 3.50. The number of halogens is 1. The second-order valence-electron chi connectivity index (χ2n) is 4.38. The molecule has 0 saturated heterocycles. The van der Waals surface area contributed by atoms with E-state index in [1.54, 1.807) is 0 Å². The number of fused-ring (bicyclic) bond motifs is 1. The normalized spacial score (nSPS) is 10.8. The molecular formula is C15H11ClN2O. The van der Waals surface area contributed by atoms with Gasteiger partial charge >= 0.3 is 0 Å². The van der Waals surface area contributed by atoms with Gasteiger partial charge in [-0.1, -0.05) is 41.9 Å². The second-order valence-corrected chi connectivity index (χ2v) is 4.81. The van der Waals surface area contributed by atoms with Crippen LogP contribution >= 0.6 is 11.6 Å². The van der Waals surface area contributed by atoms with Gasteiger partial charge in [-0.05, 0) is 23.4 Å². The number of rotatable bonds is 2. The highest BCUT2D eigenvalue weighted by Gasteiger charge is 2.17. The van der Waals surface area contributed by atoms with E-state index in [2.05, 4.69) is 5.18 Å². The fourth-order valence-corrected chi connectivity index (χ4v) is 2.62. The van der Waals surface area contributed by atoms with E-state index in [-0.39, 0.29) is 0 Å². The van der Waals surface area contributed by atoms with E-state index in [1.807, 2.05) is 60.1 Å². The first-order chi connectivity index (χ1) is 9.22. The number of para-hydroxylation sites is 1. The highest BCUT2D eigenvalue weighted by atomic mass is 35.5. The van der Waals surface area contributed by atoms with E-state index in [9.17, 15) is 4.91 Å². The Morgan fingerprint density at radius 2 is 1.89 bits per heavy atom. The van der Waals surface area contributed by atoms with Crippen LogP contribution in [0, 0.1) is 4.91 Å². The molecule has 0 unspecified atom stereocenters. The molecule has 3 aromatic rings. The van der Waals surface area contributed by atoms with E-state index in [0.29, 0.717) is 10.7 Å². The average Bonchev–Trinajstić information content (AvgIpc) is 2.72. The van der Waals surface area contributed by atoms with Gasteiger partial charge in [-0.2, -0.15) is 0 Å². The van der Waals surface area contributed by atoms with Crippen LogP contribution in [0.1, 0.15) is 0 Å². The maximum absolute atomic E-state index is 11.2. The molecule has 0 spiro atoms. The van der Waals surface area contributed by atoms with Crippen molar-refractivity contribution >= 4 is 28.2 Å². The maximum atomic E-state index is 11.2. The third kappa shape index (κ3) is 1.83. The van der Waals surface area contributed by atoms with E-state index >= 15 is 0 Å². The van der Waals surface area contributed by atoms with Crippen LogP contribution in [0.4, 0.5) is 5.69 Å². The van der Waals surface area contributed by atoms with E-state index in [0.717, 1.165) is 22.2 Å². The van der Waals surface area contributed by atoms with Crippen molar-refractivity contribution in [1.29, 1.82) is 0 Å². The molecule has 0 amide bonds. The Labute approximate surface area is 115 Å². The smallest absolute Gasteiger partial charge is 0.141 e. The lowest BCUT2D eigenvalue weighted by Gasteiger charge is -2.05. The van der Waals surface area contributed by atoms with Crippen molar-refractivity contribution in [2.45, 2.75) is 0 Å². The Morgan fingerprint density at radius 1 is 1.11 bits per heavy atom. The van der Waals surface area contributed by atoms with Crippen LogP contribution in [0.3, 0.4) is 0 Å². The summed E-state index contributed by atoms with van der Waals surface area (Å²) >= 11 is 6.02. The number of nitroso groups, excluding NO2 is 1. The van der Waals surface area contributed by atoms with Crippen molar-refractivity contribution in [3.63, 3.8) is 0 Å². The lowest BCUT2D eigenvalue weighted by molar-refractivity contribution is 0.978. The van der Waals surface area contributed by atoms with E-state index < -0.39 is 0 Å². The molecule has 94 valence electrons. The minimum atomic E-state index is 0.459. The molecule has 1 aromatic heterocycles. The lowest BCUT2D eigenvalue weighted by Crippen LogP contribution is -1.91. The summed E-state index contributed by atoms with van der Waals surface area (Å²) < 4.78 is 1.97. The molecular weight excluding hydrogens is 260 g/mol. The summed E-state index contributed by atoms with van der Waals surface area (Å²) in [6, 6.07) is 15.2. The van der Waals surface area contributed by atoms with Gasteiger partial charge in [0.15, 0.2) is 0 Å². The molecule has 0 fully saturated rings. The van der Waals surface area contributed by atoms with Gasteiger partial charge < -0.3 is 4.57 Å². The Balaban J connectivity index is 2.40. The SMILES string of the molecule is Cn1c(-c2cccc(Cl)c2)c(N=O)c2ccccc21. The van der Waals surface area contributed by atoms with Gasteiger partial charge in [0.2, 0.25) is 0 Å². The van der Waals surface area contributed by atoms with Crippen molar-refractivity contribution in [2.75, 3.05) is 0 Å². The van der Waals surface area contributed by atoms with E-state index in [4.69, 9.17) is 11.6 Å². The minimum absolute atomic E-state index is 0.459. The molecule has 0 N–H and O–H groups in total. The number of aryl methyl sites for hydroxylation is 1. The van der Waals surface area contributed by atoms with Crippen molar-refractivity contribution < 1.29 is 0 Å². The Hall–Kier alpha value is -2.13. The van der Waals surface area contributed by atoms with Crippen molar-refractivity contribution in [3.8, 4) is 11.3 Å². The first kappa shape index (κ1) is 11.9. The van der Waals surface area contributed by atoms with Gasteiger partial charge in [0.05, 0.1) is 11.2 Å². The number of aromatic nitrogens is 1. The van der Waals surface area contributed by atoms with E-state index in [1.165, 1.54) is 0 Å². The summed E-state index contributed by atoms with van der Waals surface area (Å²) in [6.45, 7) is 0. The summed E-state index contributed by atoms with van der Waals surface area (Å²) in [5.41, 5.74) is 3.12. The zero-order valence-corrected chi connectivity index (χ0v) is 11.1. The summed E-state index contributed by atoms with van der Waals surface area (Å²) in [4.78, 5) is 11.2. The van der Waals surface area contributed by atoms with Crippen molar-refractivity contribution in [1.82, 2.24) is 4.57 Å². The van der Waals surface area contributed by atoms with Gasteiger partial charge in [-0.25, -0.2) is 0 Å². The Bertz CT molecular complexity index is 777. The zero-order chi connectivity index (χ0) is 13.4. The molecule has 0 radical (unpaired) electrons. The van der Waals surface area contributed by atoms with Crippen LogP contribution < -0.4 is 0 Å². The van der Waals surface area contributed by atoms with Crippen LogP contribution in [0.15, 0.2) is 53.7 Å². The molecule has 0 saturated carbocycles. The van der Waals surface area contributed by atoms with Gasteiger partial charge in [0.25, 0.3) is 0 Å². The van der Waals surface area contributed by atoms with Gasteiger partial charge in [0, 0.05) is 23.0 Å². The Kier molecular flexibility index (Phi) is 2.84. The standard InChI is InChI=1S/C15H11ClN2O/c1-18-13-8-3-2-7-12(13)14(17-19)15(18)10-5-4-6-11(16)9-10/h2-9H,1H3. The highest BCUT2D eigenvalue weighted by molar-refractivity contribution is 6.30. The number of hydrogen-bond acceptors (Lipinski definition) is 2. The summed E-state index contributed by atoms with van der Waals surface area (Å²) in [7, 11) is 1.92. The molecule has 1 heterocycles. The molecule has 0 atom stereocenters. The van der Waals surface area contributed by atoms with Gasteiger partial charge in [-0.15, -0.1) is 4.91 Å². The topological polar surface area (TPSA) is 34.4 Å². The van der Waals surface area contributed by atoms with Crippen LogP contribution in [-0.4, -0.2) is 4.57 Å². The van der Waals surface area contributed by atoms with Crippen molar-refractivity contribution in [3.05, 3.63) is 58.5 Å². The van der Waals surface area contributed by atoms with Crippen LogP contribution in [0.2, 0.25) is 5.02 Å². The molecule has 4 heteroatoms. The summed E-state index contributed by atoms with van der Waals surface area (Å²) in [5.74, 6) is 0. The molecule has 19 heavy (non-hydrogen) atoms. The average molecular weight is 271 g/mol. The maximum Gasteiger partial charge on any atom is 0.141 e. The number of nitrogens with zero attached hydrogens (tertiary/aromatic N) is 2. The Morgan fingerprint density at radius 3 is 2.63 bits per heavy atom. The predicted molar refractivity (Wildman–Crippen MR) is 78.8 cm³/mol. The monoisotopic (exact) mass is 270 g/mol. The largest absolute Gasteiger partial charge is 0.342 e. The lowest BCUT2D eigenvalue weighted by atomic mass is 10.1. The van der Waals surface area contributed by atoms with Crippen molar-refractivity contribution in [2.24, 2.45) is 12.2 Å². The molecule has 2 aromatic carbocycles. The molecule has 0 aliphatic heterocycles. The number of benzene rings is 2. The predicted octanol–water partition coefficient (Wildman–Crippen LogP) is 4.90. The fourth-order valence-electron chi connectivity index (χ4n) is 2.43. The molecule has 0 aliphatic carbocycles. The first-order valence-electron chi connectivity index (χ1n) is 5.89. The molecule has 0 aliphatic rings. The second kappa shape index (κ2) is 4.52. The summed E-state index contributed by atoms with van der Waals surface area (Å²) in [5, 5.41) is 4.71. The quantitative estimate of drug-likeness (QED) is 0.610. The van der Waals surface area contributed by atoms with Crippen LogP contribution in [0.5, 0.6) is 0 Å². The zero-order valence-electron chi connectivity index (χ0n) is 10.3. The highest BCUT2D eigenvalue weighted by Crippen LogP contribution is 2.39. The molecule has 3 rings (SSSR count). The molecule has 3 nitrogen and oxygen atoms in total. The first-order valence-corrected chi connectivity index (χ1v) is 6.27.